The van der Waals surface area contributed by atoms with Crippen molar-refractivity contribution in [1.29, 1.82) is 0 Å². The minimum absolute atomic E-state index is 0.857. The van der Waals surface area contributed by atoms with Gasteiger partial charge in [-0.3, -0.25) is 4.99 Å². The molecule has 0 spiro atoms. The quantitative estimate of drug-likeness (QED) is 0.573. The molecule has 0 aromatic heterocycles. The highest BCUT2D eigenvalue weighted by Crippen LogP contribution is 2.16. The first-order valence-corrected chi connectivity index (χ1v) is 4.22. The van der Waals surface area contributed by atoms with Crippen LogP contribution in [0.15, 0.2) is 23.2 Å². The van der Waals surface area contributed by atoms with E-state index in [2.05, 4.69) is 17.1 Å². The number of fused-ring (bicyclic) bond motifs is 1. The molecule has 0 saturated carbocycles. The Labute approximate surface area is 72.1 Å². The zero-order valence-corrected chi connectivity index (χ0v) is 6.96. The molecule has 0 fully saturated rings. The number of nitrogen functional groups attached to an aromatic ring is 1. The highest BCUT2D eigenvalue weighted by Gasteiger charge is 2.03. The van der Waals surface area contributed by atoms with Gasteiger partial charge in [0, 0.05) is 24.9 Å². The third-order valence-corrected chi connectivity index (χ3v) is 2.18. The van der Waals surface area contributed by atoms with Crippen LogP contribution in [-0.2, 0) is 12.8 Å². The van der Waals surface area contributed by atoms with Crippen molar-refractivity contribution in [3.63, 3.8) is 0 Å². The van der Waals surface area contributed by atoms with Gasteiger partial charge in [0.2, 0.25) is 0 Å². The van der Waals surface area contributed by atoms with Gasteiger partial charge in [-0.1, -0.05) is 6.07 Å². The lowest BCUT2D eigenvalue weighted by Gasteiger charge is -2.04. The Hall–Kier alpha value is -1.31. The molecule has 0 aliphatic carbocycles. The van der Waals surface area contributed by atoms with Crippen molar-refractivity contribution < 1.29 is 0 Å². The number of anilines is 1. The van der Waals surface area contributed by atoms with Crippen LogP contribution < -0.4 is 5.73 Å². The molecule has 12 heavy (non-hydrogen) atoms. The molecule has 2 heteroatoms. The maximum atomic E-state index is 5.69. The van der Waals surface area contributed by atoms with Gasteiger partial charge in [-0.15, -0.1) is 0 Å². The van der Waals surface area contributed by atoms with Crippen molar-refractivity contribution in [1.82, 2.24) is 0 Å². The highest BCUT2D eigenvalue weighted by atomic mass is 14.7. The first-order valence-electron chi connectivity index (χ1n) is 4.22. The minimum atomic E-state index is 0.857. The molecule has 0 radical (unpaired) electrons. The summed E-state index contributed by atoms with van der Waals surface area (Å²) in [5.74, 6) is 0. The third-order valence-electron chi connectivity index (χ3n) is 2.18. The Kier molecular flexibility index (Phi) is 1.82. The molecule has 1 aromatic carbocycles. The first kappa shape index (κ1) is 7.35. The lowest BCUT2D eigenvalue weighted by atomic mass is 10.0. The number of nitrogens with two attached hydrogens (primary N) is 1. The zero-order chi connectivity index (χ0) is 8.39. The lowest BCUT2D eigenvalue weighted by Crippen LogP contribution is -1.95. The lowest BCUT2D eigenvalue weighted by molar-refractivity contribution is 0.977. The molecular formula is C10H12N2. The second kappa shape index (κ2) is 2.97. The molecule has 0 atom stereocenters. The van der Waals surface area contributed by atoms with Crippen molar-refractivity contribution in [2.45, 2.75) is 12.8 Å². The third kappa shape index (κ3) is 1.33. The van der Waals surface area contributed by atoms with Crippen LogP contribution in [0.5, 0.6) is 0 Å². The van der Waals surface area contributed by atoms with E-state index in [1.54, 1.807) is 0 Å². The number of hydrogen-bond donors (Lipinski definition) is 1. The predicted molar refractivity (Wildman–Crippen MR) is 51.6 cm³/mol. The molecular weight excluding hydrogens is 148 g/mol. The van der Waals surface area contributed by atoms with Crippen LogP contribution in [0, 0.1) is 0 Å². The highest BCUT2D eigenvalue weighted by molar-refractivity contribution is 5.64. The number of rotatable bonds is 0. The molecule has 0 unspecified atom stereocenters. The van der Waals surface area contributed by atoms with Crippen molar-refractivity contribution in [2.75, 3.05) is 12.3 Å². The molecule has 1 aliphatic rings. The van der Waals surface area contributed by atoms with E-state index in [4.69, 9.17) is 5.73 Å². The van der Waals surface area contributed by atoms with E-state index in [9.17, 15) is 0 Å². The molecule has 1 heterocycles. The molecule has 1 aliphatic heterocycles. The van der Waals surface area contributed by atoms with E-state index in [1.165, 1.54) is 11.1 Å². The van der Waals surface area contributed by atoms with Gasteiger partial charge in [0.15, 0.2) is 0 Å². The predicted octanol–water partition coefficient (Wildman–Crippen LogP) is 1.44. The Morgan fingerprint density at radius 2 is 2.17 bits per heavy atom. The average molecular weight is 160 g/mol. The van der Waals surface area contributed by atoms with Crippen LogP contribution in [0.25, 0.3) is 0 Å². The van der Waals surface area contributed by atoms with E-state index in [-0.39, 0.29) is 0 Å². The van der Waals surface area contributed by atoms with E-state index >= 15 is 0 Å². The standard InChI is InChI=1S/C10H12N2/c11-10-2-1-8-3-5-12-6-4-9(8)7-10/h1-2,5,7H,3-4,6,11H2. The Morgan fingerprint density at radius 1 is 1.25 bits per heavy atom. The normalized spacial score (nSPS) is 15.3. The topological polar surface area (TPSA) is 38.4 Å². The second-order valence-corrected chi connectivity index (χ2v) is 3.07. The zero-order valence-electron chi connectivity index (χ0n) is 6.96. The Bertz CT molecular complexity index is 316. The molecule has 2 nitrogen and oxygen atoms in total. The van der Waals surface area contributed by atoms with Crippen molar-refractivity contribution >= 4 is 11.9 Å². The number of hydrogen-bond acceptors (Lipinski definition) is 2. The summed E-state index contributed by atoms with van der Waals surface area (Å²) in [7, 11) is 0. The molecule has 0 amide bonds. The number of benzene rings is 1. The van der Waals surface area contributed by atoms with E-state index in [0.29, 0.717) is 0 Å². The first-order chi connectivity index (χ1) is 5.86. The summed E-state index contributed by atoms with van der Waals surface area (Å²) in [5, 5.41) is 0. The van der Waals surface area contributed by atoms with Crippen LogP contribution >= 0.6 is 0 Å². The summed E-state index contributed by atoms with van der Waals surface area (Å²) in [5.41, 5.74) is 9.27. The molecule has 0 bridgehead atoms. The largest absolute Gasteiger partial charge is 0.399 e. The summed E-state index contributed by atoms with van der Waals surface area (Å²) in [6.45, 7) is 0.899. The van der Waals surface area contributed by atoms with Crippen LogP contribution in [0.2, 0.25) is 0 Å². The fourth-order valence-corrected chi connectivity index (χ4v) is 1.52. The maximum absolute atomic E-state index is 5.69. The minimum Gasteiger partial charge on any atom is -0.399 e. The fourth-order valence-electron chi connectivity index (χ4n) is 1.52. The Balaban J connectivity index is 2.42. The molecule has 2 N–H and O–H groups in total. The molecule has 62 valence electrons. The maximum Gasteiger partial charge on any atom is 0.0426 e. The van der Waals surface area contributed by atoms with Gasteiger partial charge < -0.3 is 5.73 Å². The Morgan fingerprint density at radius 3 is 3.08 bits per heavy atom. The van der Waals surface area contributed by atoms with Crippen LogP contribution in [0.4, 0.5) is 5.69 Å². The molecule has 2 rings (SSSR count). The van der Waals surface area contributed by atoms with Gasteiger partial charge in [-0.2, -0.15) is 0 Å². The van der Waals surface area contributed by atoms with E-state index < -0.39 is 0 Å². The van der Waals surface area contributed by atoms with Gasteiger partial charge in [0.05, 0.1) is 0 Å². The molecule has 0 saturated heterocycles. The summed E-state index contributed by atoms with van der Waals surface area (Å²) >= 11 is 0. The molecule has 1 aromatic rings. The average Bonchev–Trinajstić information content (AvgIpc) is 2.28. The fraction of sp³-hybridized carbons (Fsp3) is 0.300. The monoisotopic (exact) mass is 160 g/mol. The second-order valence-electron chi connectivity index (χ2n) is 3.07. The van der Waals surface area contributed by atoms with Crippen LogP contribution in [0.1, 0.15) is 11.1 Å². The SMILES string of the molecule is Nc1ccc2c(c1)CCN=CC2. The van der Waals surface area contributed by atoms with Gasteiger partial charge >= 0.3 is 0 Å². The summed E-state index contributed by atoms with van der Waals surface area (Å²) in [4.78, 5) is 4.25. The van der Waals surface area contributed by atoms with Crippen molar-refractivity contribution in [3.05, 3.63) is 29.3 Å². The van der Waals surface area contributed by atoms with Crippen molar-refractivity contribution in [3.8, 4) is 0 Å². The summed E-state index contributed by atoms with van der Waals surface area (Å²) in [6.07, 6.45) is 3.97. The number of nitrogens with zero attached hydrogens (tertiary/aromatic N) is 1. The van der Waals surface area contributed by atoms with Gasteiger partial charge in [0.1, 0.15) is 0 Å². The smallest absolute Gasteiger partial charge is 0.0426 e. The van der Waals surface area contributed by atoms with Crippen LogP contribution in [0.3, 0.4) is 0 Å². The van der Waals surface area contributed by atoms with Crippen LogP contribution in [-0.4, -0.2) is 12.8 Å². The summed E-state index contributed by atoms with van der Waals surface area (Å²) < 4.78 is 0. The summed E-state index contributed by atoms with van der Waals surface area (Å²) in [6, 6.07) is 6.12. The van der Waals surface area contributed by atoms with E-state index in [0.717, 1.165) is 25.1 Å². The van der Waals surface area contributed by atoms with E-state index in [1.807, 2.05) is 12.3 Å². The van der Waals surface area contributed by atoms with Gasteiger partial charge in [0.25, 0.3) is 0 Å². The van der Waals surface area contributed by atoms with Gasteiger partial charge in [-0.05, 0) is 29.7 Å². The van der Waals surface area contributed by atoms with Gasteiger partial charge in [-0.25, -0.2) is 0 Å². The number of aliphatic imine (C=N–C) groups is 1. The van der Waals surface area contributed by atoms with Crippen molar-refractivity contribution in [2.24, 2.45) is 4.99 Å².